The zero-order valence-corrected chi connectivity index (χ0v) is 26.7. The lowest BCUT2D eigenvalue weighted by atomic mass is 10.1. The van der Waals surface area contributed by atoms with Crippen LogP contribution in [0.5, 0.6) is 5.75 Å². The number of nitrogens with zero attached hydrogens (tertiary/aromatic N) is 2. The van der Waals surface area contributed by atoms with Crippen molar-refractivity contribution < 1.29 is 27.9 Å². The molecule has 0 aliphatic heterocycles. The van der Waals surface area contributed by atoms with Gasteiger partial charge in [-0.05, 0) is 72.6 Å². The van der Waals surface area contributed by atoms with Crippen molar-refractivity contribution in [1.29, 1.82) is 0 Å². The summed E-state index contributed by atoms with van der Waals surface area (Å²) >= 11 is 1.17. The fourth-order valence-corrected chi connectivity index (χ4v) is 6.43. The van der Waals surface area contributed by atoms with Crippen molar-refractivity contribution in [1.82, 2.24) is 19.9 Å². The zero-order chi connectivity index (χ0) is 33.5. The van der Waals surface area contributed by atoms with Gasteiger partial charge in [-0.15, -0.1) is 11.3 Å². The second-order valence-electron chi connectivity index (χ2n) is 10.4. The van der Waals surface area contributed by atoms with E-state index in [9.17, 15) is 23.2 Å². The fraction of sp³-hybridized carbons (Fsp3) is 0.242. The molecule has 47 heavy (non-hydrogen) atoms. The number of methoxy groups -OCH3 is 2. The normalized spacial score (nSPS) is 11.2. The lowest BCUT2D eigenvalue weighted by Gasteiger charge is -2.14. The van der Waals surface area contributed by atoms with E-state index in [0.29, 0.717) is 47.0 Å². The molecule has 3 N–H and O–H groups in total. The van der Waals surface area contributed by atoms with Gasteiger partial charge in [0.05, 0.1) is 31.8 Å². The van der Waals surface area contributed by atoms with E-state index in [1.54, 1.807) is 55.6 Å². The number of thiophene rings is 1. The average molecular weight is 666 g/mol. The Morgan fingerprint density at radius 1 is 0.915 bits per heavy atom. The number of anilines is 1. The molecular formula is C33H33F2N5O6S. The molecule has 0 radical (unpaired) electrons. The van der Waals surface area contributed by atoms with Gasteiger partial charge in [-0.3, -0.25) is 14.2 Å². The molecule has 0 saturated carbocycles. The molecule has 246 valence electrons. The maximum atomic E-state index is 15.0. The first-order valence-corrected chi connectivity index (χ1v) is 15.4. The van der Waals surface area contributed by atoms with Crippen molar-refractivity contribution >= 4 is 33.3 Å². The summed E-state index contributed by atoms with van der Waals surface area (Å²) in [5, 5.41) is 6.23. The predicted molar refractivity (Wildman–Crippen MR) is 176 cm³/mol. The number of aromatic nitrogens is 2. The van der Waals surface area contributed by atoms with E-state index in [2.05, 4.69) is 21.0 Å². The highest BCUT2D eigenvalue weighted by Crippen LogP contribution is 2.38. The molecule has 2 aromatic heterocycles. The van der Waals surface area contributed by atoms with Crippen LogP contribution >= 0.6 is 11.3 Å². The Balaban J connectivity index is 1.74. The molecule has 0 saturated heterocycles. The first kappa shape index (κ1) is 33.5. The average Bonchev–Trinajstić information content (AvgIpc) is 3.44. The quantitative estimate of drug-likeness (QED) is 0.119. The lowest BCUT2D eigenvalue weighted by Crippen LogP contribution is -2.39. The number of hydroxylamine groups is 1. The van der Waals surface area contributed by atoms with E-state index in [-0.39, 0.29) is 28.0 Å². The van der Waals surface area contributed by atoms with Gasteiger partial charge in [-0.1, -0.05) is 18.2 Å². The van der Waals surface area contributed by atoms with Gasteiger partial charge in [0.25, 0.3) is 5.56 Å². The molecule has 2 amide bonds. The van der Waals surface area contributed by atoms with Crippen LogP contribution < -0.4 is 32.1 Å². The fourth-order valence-electron chi connectivity index (χ4n) is 5.12. The van der Waals surface area contributed by atoms with Crippen molar-refractivity contribution in [3.05, 3.63) is 110 Å². The Labute approximate surface area is 272 Å². The van der Waals surface area contributed by atoms with Crippen molar-refractivity contribution in [3.8, 4) is 21.9 Å². The van der Waals surface area contributed by atoms with Gasteiger partial charge in [-0.25, -0.2) is 28.4 Å². The van der Waals surface area contributed by atoms with Crippen LogP contribution in [0.4, 0.5) is 19.3 Å². The summed E-state index contributed by atoms with van der Waals surface area (Å²) in [5.41, 5.74) is 2.59. The van der Waals surface area contributed by atoms with E-state index < -0.39 is 35.5 Å². The monoisotopic (exact) mass is 665 g/mol. The maximum Gasteiger partial charge on any atom is 0.343 e. The number of carbonyl (C=O) groups excluding carboxylic acids is 1. The third-order valence-corrected chi connectivity index (χ3v) is 8.69. The Hall–Kier alpha value is -4.89. The van der Waals surface area contributed by atoms with Crippen LogP contribution in [0.15, 0.2) is 76.3 Å². The predicted octanol–water partition coefficient (Wildman–Crippen LogP) is 5.03. The molecule has 0 aliphatic carbocycles. The van der Waals surface area contributed by atoms with Gasteiger partial charge in [0.2, 0.25) is 0 Å². The first-order chi connectivity index (χ1) is 22.8. The summed E-state index contributed by atoms with van der Waals surface area (Å²) in [6.07, 6.45) is 0.713. The number of benzene rings is 3. The number of urea groups is 1. The minimum Gasteiger partial charge on any atom is -0.497 e. The standard InChI is InChI=1S/C33H33F2N5O6S/c1-44-17-5-16-36-18-24-28-30(41)40(22-12-14-23(45-2)15-13-22)33(43)39(19-25-26(34)6-4-7-27(25)35)31(28)47-29(24)20-8-10-21(11-9-20)37-32(42)38-46-3/h4,6-15,36H,5,16-19H2,1-3H3,(H2,37,38,42). The molecule has 14 heteroatoms. The largest absolute Gasteiger partial charge is 0.497 e. The number of fused-ring (bicyclic) bond motifs is 1. The molecule has 0 fully saturated rings. The molecule has 0 spiro atoms. The van der Waals surface area contributed by atoms with Crippen molar-refractivity contribution in [2.75, 3.05) is 39.8 Å². The number of rotatable bonds is 13. The molecule has 0 unspecified atom stereocenters. The minimum atomic E-state index is -0.815. The number of hydrogen-bond acceptors (Lipinski definition) is 8. The third-order valence-electron chi connectivity index (χ3n) is 7.38. The summed E-state index contributed by atoms with van der Waals surface area (Å²) in [4.78, 5) is 46.0. The lowest BCUT2D eigenvalue weighted by molar-refractivity contribution is 0.114. The smallest absolute Gasteiger partial charge is 0.343 e. The molecule has 0 atom stereocenters. The van der Waals surface area contributed by atoms with E-state index in [4.69, 9.17) is 9.47 Å². The Morgan fingerprint density at radius 3 is 2.26 bits per heavy atom. The molecular weight excluding hydrogens is 632 g/mol. The first-order valence-electron chi connectivity index (χ1n) is 14.6. The molecule has 0 aliphatic rings. The zero-order valence-electron chi connectivity index (χ0n) is 25.9. The van der Waals surface area contributed by atoms with Crippen molar-refractivity contribution in [2.45, 2.75) is 19.5 Å². The number of ether oxygens (including phenoxy) is 2. The van der Waals surface area contributed by atoms with Crippen molar-refractivity contribution in [3.63, 3.8) is 0 Å². The molecule has 5 rings (SSSR count). The van der Waals surface area contributed by atoms with Crippen LogP contribution in [0.2, 0.25) is 0 Å². The highest BCUT2D eigenvalue weighted by molar-refractivity contribution is 7.22. The Bertz CT molecular complexity index is 1970. The van der Waals surface area contributed by atoms with Gasteiger partial charge in [-0.2, -0.15) is 0 Å². The van der Waals surface area contributed by atoms with Gasteiger partial charge in [0.1, 0.15) is 22.2 Å². The maximum absolute atomic E-state index is 15.0. The van der Waals surface area contributed by atoms with Crippen LogP contribution in [0.3, 0.4) is 0 Å². The number of carbonyl (C=O) groups is 1. The number of hydrogen-bond donors (Lipinski definition) is 3. The SMILES string of the molecule is COCCCNCc1c(-c2ccc(NC(=O)NOC)cc2)sc2c1c(=O)n(-c1ccc(OC)cc1)c(=O)n2Cc1c(F)cccc1F. The summed E-state index contributed by atoms with van der Waals surface area (Å²) in [7, 11) is 4.43. The third kappa shape index (κ3) is 7.25. The number of halogens is 2. The van der Waals surface area contributed by atoms with E-state index in [1.165, 1.54) is 36.2 Å². The van der Waals surface area contributed by atoms with E-state index in [1.807, 2.05) is 0 Å². The summed E-state index contributed by atoms with van der Waals surface area (Å²) < 4.78 is 42.5. The van der Waals surface area contributed by atoms with Crippen LogP contribution in [0.25, 0.3) is 26.3 Å². The minimum absolute atomic E-state index is 0.234. The molecule has 0 bridgehead atoms. The number of amides is 2. The summed E-state index contributed by atoms with van der Waals surface area (Å²) in [6.45, 7) is 0.907. The van der Waals surface area contributed by atoms with Crippen LogP contribution in [0, 0.1) is 11.6 Å². The summed E-state index contributed by atoms with van der Waals surface area (Å²) in [5.74, 6) is -1.11. The van der Waals surface area contributed by atoms with Gasteiger partial charge in [0, 0.05) is 36.4 Å². The molecule has 2 heterocycles. The second-order valence-corrected chi connectivity index (χ2v) is 11.4. The van der Waals surface area contributed by atoms with Crippen molar-refractivity contribution in [2.24, 2.45) is 0 Å². The molecule has 11 nitrogen and oxygen atoms in total. The van der Waals surface area contributed by atoms with Crippen LogP contribution in [0.1, 0.15) is 17.5 Å². The van der Waals surface area contributed by atoms with E-state index >= 15 is 0 Å². The van der Waals surface area contributed by atoms with Gasteiger partial charge >= 0.3 is 11.7 Å². The topological polar surface area (TPSA) is 125 Å². The Morgan fingerprint density at radius 2 is 1.62 bits per heavy atom. The van der Waals surface area contributed by atoms with Crippen LogP contribution in [-0.4, -0.2) is 49.6 Å². The van der Waals surface area contributed by atoms with Crippen LogP contribution in [-0.2, 0) is 22.7 Å². The molecule has 3 aromatic carbocycles. The highest BCUT2D eigenvalue weighted by Gasteiger charge is 2.25. The Kier molecular flexibility index (Phi) is 10.8. The number of nitrogens with one attached hydrogen (secondary N) is 3. The highest BCUT2D eigenvalue weighted by atomic mass is 32.1. The van der Waals surface area contributed by atoms with E-state index in [0.717, 1.165) is 16.7 Å². The second kappa shape index (κ2) is 15.1. The van der Waals surface area contributed by atoms with Gasteiger partial charge in [0.15, 0.2) is 0 Å². The van der Waals surface area contributed by atoms with Gasteiger partial charge < -0.3 is 20.1 Å². The summed E-state index contributed by atoms with van der Waals surface area (Å²) in [6, 6.07) is 16.2. The molecule has 5 aromatic rings.